The maximum atomic E-state index is 6.26. The first-order valence-corrected chi connectivity index (χ1v) is 8.98. The summed E-state index contributed by atoms with van der Waals surface area (Å²) in [4.78, 5) is 0. The van der Waals surface area contributed by atoms with Gasteiger partial charge in [0.15, 0.2) is 0 Å². The molecule has 0 bridgehead atoms. The summed E-state index contributed by atoms with van der Waals surface area (Å²) in [7, 11) is 0. The molecule has 2 rings (SSSR count). The molecule has 2 aromatic rings. The molecule has 106 valence electrons. The van der Waals surface area contributed by atoms with Gasteiger partial charge in [-0.2, -0.15) is 0 Å². The van der Waals surface area contributed by atoms with Crippen LogP contribution in [0.5, 0.6) is 0 Å². The first-order chi connectivity index (χ1) is 9.71. The maximum absolute atomic E-state index is 6.26. The van der Waals surface area contributed by atoms with Gasteiger partial charge in [-0.05, 0) is 35.1 Å². The normalized spacial score (nSPS) is 11.0. The van der Waals surface area contributed by atoms with Crippen LogP contribution >= 0.6 is 31.9 Å². The van der Waals surface area contributed by atoms with Crippen molar-refractivity contribution < 1.29 is 0 Å². The molecule has 20 heavy (non-hydrogen) atoms. The van der Waals surface area contributed by atoms with Crippen molar-refractivity contribution >= 4 is 31.9 Å². The molecule has 0 saturated heterocycles. The Hall–Kier alpha value is -0.640. The van der Waals surface area contributed by atoms with Gasteiger partial charge in [0.05, 0.1) is 0 Å². The van der Waals surface area contributed by atoms with Gasteiger partial charge in [0.2, 0.25) is 0 Å². The molecule has 0 spiro atoms. The standard InChI is InChI=1S/C17H19Br2N/c18-11-15-5-1-13(2-6-15)9-17(20)10-14-3-7-16(12-19)8-4-14/h1-8,17H,9-12,20H2. The second-order valence-electron chi connectivity index (χ2n) is 5.07. The lowest BCUT2D eigenvalue weighted by molar-refractivity contribution is 0.664. The lowest BCUT2D eigenvalue weighted by Gasteiger charge is -2.12. The van der Waals surface area contributed by atoms with Gasteiger partial charge in [-0.25, -0.2) is 0 Å². The SMILES string of the molecule is NC(Cc1ccc(CBr)cc1)Cc1ccc(CBr)cc1. The van der Waals surface area contributed by atoms with E-state index in [0.717, 1.165) is 23.5 Å². The van der Waals surface area contributed by atoms with Crippen molar-refractivity contribution in [1.82, 2.24) is 0 Å². The van der Waals surface area contributed by atoms with Gasteiger partial charge in [0.25, 0.3) is 0 Å². The van der Waals surface area contributed by atoms with Gasteiger partial charge >= 0.3 is 0 Å². The molecule has 0 fully saturated rings. The van der Waals surface area contributed by atoms with E-state index < -0.39 is 0 Å². The highest BCUT2D eigenvalue weighted by atomic mass is 79.9. The van der Waals surface area contributed by atoms with Crippen LogP contribution in [0.4, 0.5) is 0 Å². The van der Waals surface area contributed by atoms with Crippen LogP contribution in [0.1, 0.15) is 22.3 Å². The van der Waals surface area contributed by atoms with E-state index in [1.165, 1.54) is 22.3 Å². The van der Waals surface area contributed by atoms with E-state index in [1.54, 1.807) is 0 Å². The molecule has 0 saturated carbocycles. The summed E-state index contributed by atoms with van der Waals surface area (Å²) in [6, 6.07) is 17.5. The van der Waals surface area contributed by atoms with Gasteiger partial charge in [-0.3, -0.25) is 0 Å². The number of hydrogen-bond acceptors (Lipinski definition) is 1. The fourth-order valence-electron chi connectivity index (χ4n) is 2.21. The fraction of sp³-hybridized carbons (Fsp3) is 0.294. The van der Waals surface area contributed by atoms with Crippen molar-refractivity contribution in [1.29, 1.82) is 0 Å². The van der Waals surface area contributed by atoms with Gasteiger partial charge in [-0.1, -0.05) is 80.4 Å². The predicted molar refractivity (Wildman–Crippen MR) is 93.5 cm³/mol. The van der Waals surface area contributed by atoms with Gasteiger partial charge in [-0.15, -0.1) is 0 Å². The molecule has 0 heterocycles. The summed E-state index contributed by atoms with van der Waals surface area (Å²) >= 11 is 6.92. The molecule has 1 nitrogen and oxygen atoms in total. The Kier molecular flexibility index (Phi) is 6.27. The van der Waals surface area contributed by atoms with E-state index in [-0.39, 0.29) is 6.04 Å². The Labute approximate surface area is 137 Å². The molecule has 0 unspecified atom stereocenters. The van der Waals surface area contributed by atoms with Crippen molar-refractivity contribution in [3.8, 4) is 0 Å². The topological polar surface area (TPSA) is 26.0 Å². The van der Waals surface area contributed by atoms with Crippen molar-refractivity contribution in [2.45, 2.75) is 29.5 Å². The number of nitrogens with two attached hydrogens (primary N) is 1. The minimum Gasteiger partial charge on any atom is -0.327 e. The molecule has 0 aliphatic carbocycles. The summed E-state index contributed by atoms with van der Waals surface area (Å²) in [5.41, 5.74) is 11.5. The summed E-state index contributed by atoms with van der Waals surface area (Å²) in [5, 5.41) is 1.80. The Bertz CT molecular complexity index is 470. The van der Waals surface area contributed by atoms with E-state index in [2.05, 4.69) is 80.4 Å². The Balaban J connectivity index is 1.91. The van der Waals surface area contributed by atoms with E-state index >= 15 is 0 Å². The molecular formula is C17H19Br2N. The number of halogens is 2. The summed E-state index contributed by atoms with van der Waals surface area (Å²) in [6.45, 7) is 0. The molecule has 0 atom stereocenters. The van der Waals surface area contributed by atoms with E-state index in [9.17, 15) is 0 Å². The number of rotatable bonds is 6. The first-order valence-electron chi connectivity index (χ1n) is 6.74. The largest absolute Gasteiger partial charge is 0.327 e. The Morgan fingerprint density at radius 3 is 1.25 bits per heavy atom. The van der Waals surface area contributed by atoms with Gasteiger partial charge < -0.3 is 5.73 Å². The summed E-state index contributed by atoms with van der Waals surface area (Å²) in [6.07, 6.45) is 1.84. The highest BCUT2D eigenvalue weighted by molar-refractivity contribution is 9.08. The molecule has 0 aliphatic rings. The van der Waals surface area contributed by atoms with Crippen LogP contribution < -0.4 is 5.73 Å². The van der Waals surface area contributed by atoms with Crippen LogP contribution in [0.25, 0.3) is 0 Å². The van der Waals surface area contributed by atoms with Crippen molar-refractivity contribution in [3.05, 3.63) is 70.8 Å². The molecule has 2 N–H and O–H groups in total. The zero-order chi connectivity index (χ0) is 14.4. The van der Waals surface area contributed by atoms with Crippen molar-refractivity contribution in [3.63, 3.8) is 0 Å². The van der Waals surface area contributed by atoms with Crippen LogP contribution in [0.15, 0.2) is 48.5 Å². The monoisotopic (exact) mass is 395 g/mol. The third-order valence-electron chi connectivity index (χ3n) is 3.35. The second-order valence-corrected chi connectivity index (χ2v) is 6.19. The zero-order valence-corrected chi connectivity index (χ0v) is 14.5. The molecule has 3 heteroatoms. The maximum Gasteiger partial charge on any atom is 0.0283 e. The molecule has 0 amide bonds. The minimum absolute atomic E-state index is 0.166. The van der Waals surface area contributed by atoms with Crippen LogP contribution in [0.2, 0.25) is 0 Å². The fourth-order valence-corrected chi connectivity index (χ4v) is 2.95. The molecular weight excluding hydrogens is 378 g/mol. The number of benzene rings is 2. The predicted octanol–water partition coefficient (Wildman–Crippen LogP) is 4.59. The smallest absolute Gasteiger partial charge is 0.0283 e. The molecule has 0 radical (unpaired) electrons. The van der Waals surface area contributed by atoms with E-state index in [1.807, 2.05) is 0 Å². The number of hydrogen-bond donors (Lipinski definition) is 1. The van der Waals surface area contributed by atoms with Crippen LogP contribution in [-0.4, -0.2) is 6.04 Å². The highest BCUT2D eigenvalue weighted by Crippen LogP contribution is 2.13. The third-order valence-corrected chi connectivity index (χ3v) is 4.65. The average Bonchev–Trinajstić information content (AvgIpc) is 2.49. The summed E-state index contributed by atoms with van der Waals surface area (Å²) in [5.74, 6) is 0. The quantitative estimate of drug-likeness (QED) is 0.710. The lowest BCUT2D eigenvalue weighted by Crippen LogP contribution is -2.25. The van der Waals surface area contributed by atoms with Crippen LogP contribution in [0, 0.1) is 0 Å². The van der Waals surface area contributed by atoms with Gasteiger partial charge in [0.1, 0.15) is 0 Å². The highest BCUT2D eigenvalue weighted by Gasteiger charge is 2.06. The number of alkyl halides is 2. The average molecular weight is 397 g/mol. The van der Waals surface area contributed by atoms with Crippen LogP contribution in [0.3, 0.4) is 0 Å². The Morgan fingerprint density at radius 1 is 0.650 bits per heavy atom. The van der Waals surface area contributed by atoms with Crippen molar-refractivity contribution in [2.24, 2.45) is 5.73 Å². The van der Waals surface area contributed by atoms with Gasteiger partial charge in [0, 0.05) is 16.7 Å². The first kappa shape index (κ1) is 15.7. The van der Waals surface area contributed by atoms with Crippen LogP contribution in [-0.2, 0) is 23.5 Å². The second kappa shape index (κ2) is 7.96. The summed E-state index contributed by atoms with van der Waals surface area (Å²) < 4.78 is 0. The Morgan fingerprint density at radius 2 is 0.950 bits per heavy atom. The minimum atomic E-state index is 0.166. The molecule has 0 aromatic heterocycles. The third kappa shape index (κ3) is 4.72. The zero-order valence-electron chi connectivity index (χ0n) is 11.4. The molecule has 0 aliphatic heterocycles. The lowest BCUT2D eigenvalue weighted by atomic mass is 9.99. The molecule has 2 aromatic carbocycles. The van der Waals surface area contributed by atoms with E-state index in [0.29, 0.717) is 0 Å². The van der Waals surface area contributed by atoms with E-state index in [4.69, 9.17) is 5.73 Å². The van der Waals surface area contributed by atoms with Crippen molar-refractivity contribution in [2.75, 3.05) is 0 Å².